The van der Waals surface area contributed by atoms with Crippen molar-refractivity contribution in [2.75, 3.05) is 13.1 Å². The van der Waals surface area contributed by atoms with Crippen molar-refractivity contribution in [3.63, 3.8) is 0 Å². The molecule has 1 aromatic rings. The highest BCUT2D eigenvalue weighted by Crippen LogP contribution is 2.47. The zero-order valence-electron chi connectivity index (χ0n) is 10.2. The van der Waals surface area contributed by atoms with E-state index in [1.54, 1.807) is 0 Å². The van der Waals surface area contributed by atoms with Crippen LogP contribution in [0.3, 0.4) is 0 Å². The van der Waals surface area contributed by atoms with Gasteiger partial charge in [0.05, 0.1) is 0 Å². The zero-order valence-corrected chi connectivity index (χ0v) is 10.2. The molecular weight excluding hydrogens is 208 g/mol. The number of hydrogen-bond acceptors (Lipinski definition) is 2. The molecule has 90 valence electrons. The van der Waals surface area contributed by atoms with E-state index in [2.05, 4.69) is 41.0 Å². The minimum absolute atomic E-state index is 0.703. The lowest BCUT2D eigenvalue weighted by Gasteiger charge is -2.54. The lowest BCUT2D eigenvalue weighted by atomic mass is 9.61. The molecule has 2 heteroatoms. The van der Waals surface area contributed by atoms with E-state index in [0.29, 0.717) is 5.41 Å². The molecule has 2 atom stereocenters. The summed E-state index contributed by atoms with van der Waals surface area (Å²) in [5.74, 6) is 0.785. The highest BCUT2D eigenvalue weighted by atomic mass is 15.1. The van der Waals surface area contributed by atoms with Gasteiger partial charge < -0.3 is 10.6 Å². The fourth-order valence-corrected chi connectivity index (χ4v) is 3.62. The minimum atomic E-state index is 0.703. The van der Waals surface area contributed by atoms with Crippen molar-refractivity contribution in [3.05, 3.63) is 35.9 Å². The molecule has 3 aliphatic rings. The SMILES string of the molecule is c1ccc(C2CC2NC2CC3(CNC3)C2)cc1. The molecule has 4 rings (SSSR count). The normalized spacial score (nSPS) is 34.1. The van der Waals surface area contributed by atoms with Crippen LogP contribution in [0.5, 0.6) is 0 Å². The quantitative estimate of drug-likeness (QED) is 0.825. The first-order valence-corrected chi connectivity index (χ1v) is 6.86. The Morgan fingerprint density at radius 2 is 1.88 bits per heavy atom. The molecule has 0 bridgehead atoms. The molecule has 1 aromatic carbocycles. The lowest BCUT2D eigenvalue weighted by molar-refractivity contribution is 0.0227. The fraction of sp³-hybridized carbons (Fsp3) is 0.600. The third kappa shape index (κ3) is 1.71. The van der Waals surface area contributed by atoms with Gasteiger partial charge in [0.1, 0.15) is 0 Å². The van der Waals surface area contributed by atoms with Gasteiger partial charge in [0.25, 0.3) is 0 Å². The third-order valence-electron chi connectivity index (χ3n) is 4.83. The van der Waals surface area contributed by atoms with E-state index in [1.165, 1.54) is 37.9 Å². The summed E-state index contributed by atoms with van der Waals surface area (Å²) in [4.78, 5) is 0. The van der Waals surface area contributed by atoms with E-state index in [1.807, 2.05) is 0 Å². The molecule has 3 fully saturated rings. The fourth-order valence-electron chi connectivity index (χ4n) is 3.62. The van der Waals surface area contributed by atoms with Crippen molar-refractivity contribution in [1.29, 1.82) is 0 Å². The van der Waals surface area contributed by atoms with Crippen molar-refractivity contribution >= 4 is 0 Å². The van der Waals surface area contributed by atoms with Crippen molar-refractivity contribution in [3.8, 4) is 0 Å². The van der Waals surface area contributed by atoms with E-state index >= 15 is 0 Å². The average Bonchev–Trinajstić information content (AvgIpc) is 3.01. The Morgan fingerprint density at radius 1 is 1.12 bits per heavy atom. The van der Waals surface area contributed by atoms with Crippen LogP contribution in [-0.2, 0) is 0 Å². The Morgan fingerprint density at radius 3 is 2.53 bits per heavy atom. The summed E-state index contributed by atoms with van der Waals surface area (Å²) in [6.45, 7) is 2.52. The molecule has 2 aliphatic carbocycles. The van der Waals surface area contributed by atoms with Crippen molar-refractivity contribution in [1.82, 2.24) is 10.6 Å². The molecular formula is C15H20N2. The zero-order chi connectivity index (χ0) is 11.3. The van der Waals surface area contributed by atoms with E-state index in [9.17, 15) is 0 Å². The first-order valence-electron chi connectivity index (χ1n) is 6.86. The molecule has 17 heavy (non-hydrogen) atoms. The number of benzene rings is 1. The Labute approximate surface area is 103 Å². The Balaban J connectivity index is 1.29. The summed E-state index contributed by atoms with van der Waals surface area (Å²) in [5, 5.41) is 7.23. The third-order valence-corrected chi connectivity index (χ3v) is 4.83. The highest BCUT2D eigenvalue weighted by Gasteiger charge is 2.50. The molecule has 2 saturated carbocycles. The van der Waals surface area contributed by atoms with E-state index in [0.717, 1.165) is 18.0 Å². The summed E-state index contributed by atoms with van der Waals surface area (Å²) in [6, 6.07) is 12.5. The Kier molecular flexibility index (Phi) is 2.12. The van der Waals surface area contributed by atoms with Crippen molar-refractivity contribution < 1.29 is 0 Å². The van der Waals surface area contributed by atoms with Gasteiger partial charge in [0, 0.05) is 31.1 Å². The Bertz CT molecular complexity index is 402. The van der Waals surface area contributed by atoms with Gasteiger partial charge in [-0.15, -0.1) is 0 Å². The molecule has 2 N–H and O–H groups in total. The topological polar surface area (TPSA) is 24.1 Å². The summed E-state index contributed by atoms with van der Waals surface area (Å²) in [6.07, 6.45) is 4.14. The van der Waals surface area contributed by atoms with Crippen LogP contribution in [0.4, 0.5) is 0 Å². The second kappa shape index (κ2) is 3.56. The van der Waals surface area contributed by atoms with Gasteiger partial charge in [-0.1, -0.05) is 30.3 Å². The molecule has 1 heterocycles. The van der Waals surface area contributed by atoms with Crippen LogP contribution in [0, 0.1) is 5.41 Å². The summed E-state index contributed by atoms with van der Waals surface area (Å²) in [7, 11) is 0. The largest absolute Gasteiger partial charge is 0.316 e. The summed E-state index contributed by atoms with van der Waals surface area (Å²) < 4.78 is 0. The molecule has 1 saturated heterocycles. The van der Waals surface area contributed by atoms with Crippen molar-refractivity contribution in [2.45, 2.75) is 37.3 Å². The van der Waals surface area contributed by atoms with Gasteiger partial charge in [-0.3, -0.25) is 0 Å². The summed E-state index contributed by atoms with van der Waals surface area (Å²) >= 11 is 0. The maximum atomic E-state index is 3.83. The second-order valence-corrected chi connectivity index (χ2v) is 6.23. The maximum Gasteiger partial charge on any atom is 0.0145 e. The molecule has 2 nitrogen and oxygen atoms in total. The standard InChI is InChI=1S/C15H20N2/c1-2-4-11(5-3-1)13-6-14(13)17-12-7-15(8-12)9-16-10-15/h1-5,12-14,16-17H,6-10H2. The van der Waals surface area contributed by atoms with Crippen molar-refractivity contribution in [2.24, 2.45) is 5.41 Å². The van der Waals surface area contributed by atoms with Crippen LogP contribution in [-0.4, -0.2) is 25.2 Å². The van der Waals surface area contributed by atoms with Crippen LogP contribution in [0.2, 0.25) is 0 Å². The smallest absolute Gasteiger partial charge is 0.0145 e. The summed E-state index contributed by atoms with van der Waals surface area (Å²) in [5.41, 5.74) is 2.22. The predicted octanol–water partition coefficient (Wildman–Crippen LogP) is 1.88. The second-order valence-electron chi connectivity index (χ2n) is 6.23. The average molecular weight is 228 g/mol. The Hall–Kier alpha value is -0.860. The first kappa shape index (κ1) is 10.1. The molecule has 1 spiro atoms. The van der Waals surface area contributed by atoms with Gasteiger partial charge in [-0.25, -0.2) is 0 Å². The van der Waals surface area contributed by atoms with Gasteiger partial charge in [-0.2, -0.15) is 0 Å². The number of rotatable bonds is 3. The molecule has 2 unspecified atom stereocenters. The van der Waals surface area contributed by atoms with Crippen LogP contribution < -0.4 is 10.6 Å². The number of hydrogen-bond donors (Lipinski definition) is 2. The molecule has 1 aliphatic heterocycles. The van der Waals surface area contributed by atoms with E-state index < -0.39 is 0 Å². The first-order chi connectivity index (χ1) is 8.35. The van der Waals surface area contributed by atoms with Crippen LogP contribution >= 0.6 is 0 Å². The lowest BCUT2D eigenvalue weighted by Crippen LogP contribution is -2.64. The van der Waals surface area contributed by atoms with Crippen LogP contribution in [0.1, 0.15) is 30.7 Å². The van der Waals surface area contributed by atoms with Gasteiger partial charge in [0.2, 0.25) is 0 Å². The minimum Gasteiger partial charge on any atom is -0.316 e. The van der Waals surface area contributed by atoms with Gasteiger partial charge in [0.15, 0.2) is 0 Å². The molecule has 0 radical (unpaired) electrons. The van der Waals surface area contributed by atoms with Gasteiger partial charge >= 0.3 is 0 Å². The van der Waals surface area contributed by atoms with Gasteiger partial charge in [-0.05, 0) is 30.2 Å². The van der Waals surface area contributed by atoms with E-state index in [4.69, 9.17) is 0 Å². The van der Waals surface area contributed by atoms with E-state index in [-0.39, 0.29) is 0 Å². The monoisotopic (exact) mass is 228 g/mol. The maximum absolute atomic E-state index is 3.83. The predicted molar refractivity (Wildman–Crippen MR) is 69.0 cm³/mol. The molecule has 0 amide bonds. The van der Waals surface area contributed by atoms with Crippen LogP contribution in [0.15, 0.2) is 30.3 Å². The molecule has 0 aromatic heterocycles. The number of nitrogens with one attached hydrogen (secondary N) is 2. The highest BCUT2D eigenvalue weighted by molar-refractivity contribution is 5.28. The van der Waals surface area contributed by atoms with Crippen LogP contribution in [0.25, 0.3) is 0 Å².